The van der Waals surface area contributed by atoms with Gasteiger partial charge in [-0.15, -0.1) is 0 Å². The zero-order chi connectivity index (χ0) is 14.1. The number of aliphatic hydroxyl groups excluding tert-OH is 1. The summed E-state index contributed by atoms with van der Waals surface area (Å²) in [5, 5.41) is 13.2. The van der Waals surface area contributed by atoms with Gasteiger partial charge >= 0.3 is 0 Å². The number of nitrogens with zero attached hydrogens (tertiary/aromatic N) is 1. The highest BCUT2D eigenvalue weighted by Crippen LogP contribution is 2.30. The molecule has 20 heavy (non-hydrogen) atoms. The fraction of sp³-hybridized carbons (Fsp3) is 0.600. The maximum atomic E-state index is 12.9. The van der Waals surface area contributed by atoms with Gasteiger partial charge in [-0.25, -0.2) is 8.78 Å². The van der Waals surface area contributed by atoms with Crippen molar-refractivity contribution in [1.82, 2.24) is 10.2 Å². The van der Waals surface area contributed by atoms with Gasteiger partial charge in [-0.2, -0.15) is 0 Å². The van der Waals surface area contributed by atoms with Gasteiger partial charge in [0.2, 0.25) is 0 Å². The highest BCUT2D eigenvalue weighted by Gasteiger charge is 2.45. The molecule has 0 aliphatic carbocycles. The minimum absolute atomic E-state index is 0.0264. The van der Waals surface area contributed by atoms with Crippen LogP contribution < -0.4 is 5.32 Å². The summed E-state index contributed by atoms with van der Waals surface area (Å²) in [6, 6.07) is 9.66. The van der Waals surface area contributed by atoms with Crippen molar-refractivity contribution < 1.29 is 13.9 Å². The van der Waals surface area contributed by atoms with Gasteiger partial charge in [0, 0.05) is 25.2 Å². The SMILES string of the molecule is O[C@@H](C(F)F)[C@@H]1[C@@H]2CC[C@H](CN1Cc1ccccc1)N2. The molecule has 2 bridgehead atoms. The van der Waals surface area contributed by atoms with Gasteiger partial charge in [0.1, 0.15) is 6.10 Å². The summed E-state index contributed by atoms with van der Waals surface area (Å²) in [6.07, 6.45) is -2.42. The molecule has 3 rings (SSSR count). The number of halogens is 2. The summed E-state index contributed by atoms with van der Waals surface area (Å²) in [5.74, 6) is 0. The van der Waals surface area contributed by atoms with Crippen LogP contribution in [0.25, 0.3) is 0 Å². The maximum absolute atomic E-state index is 12.9. The number of piperazine rings is 1. The largest absolute Gasteiger partial charge is 0.385 e. The summed E-state index contributed by atoms with van der Waals surface area (Å²) in [6.45, 7) is 1.34. The monoisotopic (exact) mass is 282 g/mol. The Bertz CT molecular complexity index is 441. The lowest BCUT2D eigenvalue weighted by molar-refractivity contribution is -0.0761. The van der Waals surface area contributed by atoms with Crippen LogP contribution in [-0.4, -0.2) is 47.2 Å². The molecule has 0 amide bonds. The molecule has 0 radical (unpaired) electrons. The van der Waals surface area contributed by atoms with Crippen LogP contribution in [0.2, 0.25) is 0 Å². The lowest BCUT2D eigenvalue weighted by Gasteiger charge is -2.43. The molecule has 110 valence electrons. The van der Waals surface area contributed by atoms with Gasteiger partial charge < -0.3 is 10.4 Å². The predicted octanol–water partition coefficient (Wildman–Crippen LogP) is 1.62. The Morgan fingerprint density at radius 3 is 2.70 bits per heavy atom. The number of alkyl halides is 2. The summed E-state index contributed by atoms with van der Waals surface area (Å²) in [4.78, 5) is 2.02. The number of aliphatic hydroxyl groups is 1. The molecule has 4 atom stereocenters. The van der Waals surface area contributed by atoms with Crippen molar-refractivity contribution in [3.63, 3.8) is 0 Å². The fourth-order valence-corrected chi connectivity index (χ4v) is 3.51. The Labute approximate surface area is 117 Å². The van der Waals surface area contributed by atoms with E-state index in [1.807, 2.05) is 35.2 Å². The Morgan fingerprint density at radius 2 is 2.00 bits per heavy atom. The Hall–Kier alpha value is -1.04. The molecule has 2 fully saturated rings. The number of likely N-dealkylation sites (tertiary alicyclic amines) is 1. The van der Waals surface area contributed by atoms with Gasteiger partial charge in [-0.3, -0.25) is 4.90 Å². The summed E-state index contributed by atoms with van der Waals surface area (Å²) in [5.41, 5.74) is 1.10. The Balaban J connectivity index is 1.79. The zero-order valence-electron chi connectivity index (χ0n) is 11.3. The first kappa shape index (κ1) is 13.9. The number of nitrogens with one attached hydrogen (secondary N) is 1. The molecule has 1 aromatic rings. The van der Waals surface area contributed by atoms with Crippen molar-refractivity contribution in [2.24, 2.45) is 0 Å². The van der Waals surface area contributed by atoms with Crippen molar-refractivity contribution in [3.05, 3.63) is 35.9 Å². The van der Waals surface area contributed by atoms with E-state index in [1.165, 1.54) is 0 Å². The second-order valence-corrected chi connectivity index (χ2v) is 5.78. The third kappa shape index (κ3) is 2.71. The van der Waals surface area contributed by atoms with Crippen LogP contribution in [0.5, 0.6) is 0 Å². The minimum atomic E-state index is -2.70. The maximum Gasteiger partial charge on any atom is 0.265 e. The lowest BCUT2D eigenvalue weighted by Crippen LogP contribution is -2.62. The number of hydrogen-bond acceptors (Lipinski definition) is 3. The molecular weight excluding hydrogens is 262 g/mol. The third-order valence-corrected chi connectivity index (χ3v) is 4.40. The first-order chi connectivity index (χ1) is 9.65. The van der Waals surface area contributed by atoms with Crippen molar-refractivity contribution in [2.75, 3.05) is 6.54 Å². The average Bonchev–Trinajstić information content (AvgIpc) is 2.82. The molecule has 1 aromatic carbocycles. The molecular formula is C15H20F2N2O. The van der Waals surface area contributed by atoms with Crippen LogP contribution in [0.1, 0.15) is 18.4 Å². The third-order valence-electron chi connectivity index (χ3n) is 4.40. The van der Waals surface area contributed by atoms with Gasteiger partial charge in [0.25, 0.3) is 6.43 Å². The van der Waals surface area contributed by atoms with E-state index >= 15 is 0 Å². The highest BCUT2D eigenvalue weighted by molar-refractivity contribution is 5.16. The topological polar surface area (TPSA) is 35.5 Å². The fourth-order valence-electron chi connectivity index (χ4n) is 3.51. The molecule has 2 saturated heterocycles. The normalized spacial score (nSPS) is 31.7. The van der Waals surface area contributed by atoms with E-state index in [9.17, 15) is 13.9 Å². The standard InChI is InChI=1S/C15H20F2N2O/c16-15(17)14(20)13-12-7-6-11(18-12)9-19(13)8-10-4-2-1-3-5-10/h1-5,11-15,18,20H,6-9H2/t11-,12+,13+,14-/m1/s1. The number of fused-ring (bicyclic) bond motifs is 2. The van der Waals surface area contributed by atoms with Gasteiger partial charge in [-0.1, -0.05) is 30.3 Å². The molecule has 0 spiro atoms. The van der Waals surface area contributed by atoms with Crippen molar-refractivity contribution in [3.8, 4) is 0 Å². The second kappa shape index (κ2) is 5.76. The van der Waals surface area contributed by atoms with Crippen molar-refractivity contribution >= 4 is 0 Å². The summed E-state index contributed by atoms with van der Waals surface area (Å²) >= 11 is 0. The van der Waals surface area contributed by atoms with Crippen LogP contribution in [0.4, 0.5) is 8.78 Å². The van der Waals surface area contributed by atoms with Crippen LogP contribution in [0.3, 0.4) is 0 Å². The molecule has 2 N–H and O–H groups in total. The number of rotatable bonds is 4. The van der Waals surface area contributed by atoms with Gasteiger partial charge in [0.05, 0.1) is 6.04 Å². The van der Waals surface area contributed by atoms with E-state index < -0.39 is 18.6 Å². The summed E-state index contributed by atoms with van der Waals surface area (Å²) < 4.78 is 25.9. The van der Waals surface area contributed by atoms with E-state index in [0.29, 0.717) is 12.6 Å². The number of benzene rings is 1. The minimum Gasteiger partial charge on any atom is -0.385 e. The van der Waals surface area contributed by atoms with Gasteiger partial charge in [0.15, 0.2) is 0 Å². The molecule has 2 aliphatic heterocycles. The van der Waals surface area contributed by atoms with Crippen LogP contribution in [0.15, 0.2) is 30.3 Å². The lowest BCUT2D eigenvalue weighted by atomic mass is 9.98. The summed E-state index contributed by atoms with van der Waals surface area (Å²) in [7, 11) is 0. The highest BCUT2D eigenvalue weighted by atomic mass is 19.3. The van der Waals surface area contributed by atoms with E-state index in [2.05, 4.69) is 5.32 Å². The predicted molar refractivity (Wildman–Crippen MR) is 72.6 cm³/mol. The molecule has 0 saturated carbocycles. The van der Waals surface area contributed by atoms with Gasteiger partial charge in [-0.05, 0) is 18.4 Å². The van der Waals surface area contributed by atoms with E-state index in [-0.39, 0.29) is 6.04 Å². The Morgan fingerprint density at radius 1 is 1.25 bits per heavy atom. The van der Waals surface area contributed by atoms with Crippen LogP contribution in [0, 0.1) is 0 Å². The quantitative estimate of drug-likeness (QED) is 0.881. The molecule has 3 nitrogen and oxygen atoms in total. The average molecular weight is 282 g/mol. The Kier molecular flexibility index (Phi) is 4.01. The van der Waals surface area contributed by atoms with E-state index in [1.54, 1.807) is 0 Å². The smallest absolute Gasteiger partial charge is 0.265 e. The van der Waals surface area contributed by atoms with Crippen molar-refractivity contribution in [2.45, 2.75) is 50.0 Å². The zero-order valence-corrected chi connectivity index (χ0v) is 11.3. The second-order valence-electron chi connectivity index (χ2n) is 5.78. The molecule has 5 heteroatoms. The number of hydrogen-bond donors (Lipinski definition) is 2. The van der Waals surface area contributed by atoms with Crippen LogP contribution in [-0.2, 0) is 6.54 Å². The first-order valence-corrected chi connectivity index (χ1v) is 7.15. The molecule has 2 aliphatic rings. The first-order valence-electron chi connectivity index (χ1n) is 7.15. The van der Waals surface area contributed by atoms with E-state index in [4.69, 9.17) is 0 Å². The molecule has 0 unspecified atom stereocenters. The van der Waals surface area contributed by atoms with E-state index in [0.717, 1.165) is 24.9 Å². The van der Waals surface area contributed by atoms with Crippen molar-refractivity contribution in [1.29, 1.82) is 0 Å². The molecule has 2 heterocycles. The molecule has 0 aromatic heterocycles. The van der Waals surface area contributed by atoms with Crippen LogP contribution >= 0.6 is 0 Å².